The molecule has 4 rings (SSSR count). The van der Waals surface area contributed by atoms with E-state index in [2.05, 4.69) is 10.1 Å². The van der Waals surface area contributed by atoms with Crippen LogP contribution >= 0.6 is 22.9 Å². The quantitative estimate of drug-likeness (QED) is 0.433. The van der Waals surface area contributed by atoms with E-state index in [9.17, 15) is 13.6 Å². The second kappa shape index (κ2) is 7.10. The van der Waals surface area contributed by atoms with Crippen LogP contribution in [0.2, 0.25) is 5.15 Å². The second-order valence-electron chi connectivity index (χ2n) is 7.07. The number of carbonyl (C=O) groups excluding carboxylic acids is 1. The smallest absolute Gasteiger partial charge is 0.435 e. The van der Waals surface area contributed by atoms with Crippen molar-refractivity contribution in [2.24, 2.45) is 0 Å². The summed E-state index contributed by atoms with van der Waals surface area (Å²) < 4.78 is 33.2. The van der Waals surface area contributed by atoms with Gasteiger partial charge in [-0.3, -0.25) is 12.9 Å². The lowest BCUT2D eigenvalue weighted by molar-refractivity contribution is 0.0522. The number of fused-ring (bicyclic) bond motifs is 2. The largest absolute Gasteiger partial charge is 0.755 e. The van der Waals surface area contributed by atoms with Gasteiger partial charge in [0.25, 0.3) is 0 Å². The van der Waals surface area contributed by atoms with Crippen LogP contribution in [0.1, 0.15) is 20.8 Å². The van der Waals surface area contributed by atoms with E-state index in [0.717, 1.165) is 8.99 Å². The number of benzene rings is 1. The summed E-state index contributed by atoms with van der Waals surface area (Å²) in [6, 6.07) is 4.76. The fourth-order valence-electron chi connectivity index (χ4n) is 2.81. The van der Waals surface area contributed by atoms with Crippen molar-refractivity contribution in [3.63, 3.8) is 0 Å². The molecule has 29 heavy (non-hydrogen) atoms. The van der Waals surface area contributed by atoms with Crippen molar-refractivity contribution in [2.45, 2.75) is 26.4 Å². The summed E-state index contributed by atoms with van der Waals surface area (Å²) in [4.78, 5) is 17.1. The Hall–Kier alpha value is -2.47. The highest BCUT2D eigenvalue weighted by Crippen LogP contribution is 2.36. The van der Waals surface area contributed by atoms with Gasteiger partial charge in [0.2, 0.25) is 0 Å². The lowest BCUT2D eigenvalue weighted by Crippen LogP contribution is -2.27. The van der Waals surface area contributed by atoms with Crippen LogP contribution in [-0.2, 0) is 16.0 Å². The molecule has 0 aliphatic rings. The Morgan fingerprint density at radius 2 is 2.14 bits per heavy atom. The van der Waals surface area contributed by atoms with Crippen molar-refractivity contribution < 1.29 is 18.3 Å². The molecule has 0 aliphatic carbocycles. The Morgan fingerprint density at radius 3 is 2.83 bits per heavy atom. The molecule has 0 saturated heterocycles. The molecule has 3 aromatic heterocycles. The van der Waals surface area contributed by atoms with E-state index in [-0.39, 0.29) is 11.0 Å². The van der Waals surface area contributed by atoms with Gasteiger partial charge in [-0.1, -0.05) is 11.6 Å². The Labute approximate surface area is 176 Å². The van der Waals surface area contributed by atoms with Crippen LogP contribution in [0.25, 0.3) is 15.9 Å². The first-order chi connectivity index (χ1) is 13.7. The topological polar surface area (TPSA) is 105 Å². The molecule has 1 unspecified atom stereocenters. The molecular formula is C17H15ClN5O4S2-. The summed E-state index contributed by atoms with van der Waals surface area (Å²) in [7, 11) is 0. The van der Waals surface area contributed by atoms with Crippen molar-refractivity contribution in [1.29, 1.82) is 0 Å². The molecule has 0 spiro atoms. The summed E-state index contributed by atoms with van der Waals surface area (Å²) >= 11 is 4.87. The van der Waals surface area contributed by atoms with Crippen LogP contribution in [0.3, 0.4) is 0 Å². The van der Waals surface area contributed by atoms with E-state index in [0.29, 0.717) is 21.6 Å². The average Bonchev–Trinajstić information content (AvgIpc) is 3.29. The molecule has 0 bridgehead atoms. The Balaban J connectivity index is 1.79. The predicted molar refractivity (Wildman–Crippen MR) is 111 cm³/mol. The third-order valence-corrected chi connectivity index (χ3v) is 5.58. The summed E-state index contributed by atoms with van der Waals surface area (Å²) in [5.41, 5.74) is 0.139. The zero-order valence-electron chi connectivity index (χ0n) is 15.5. The minimum atomic E-state index is -2.67. The number of carbonyl (C=O) groups is 1. The Kier molecular flexibility index (Phi) is 4.85. The van der Waals surface area contributed by atoms with E-state index in [4.69, 9.17) is 16.3 Å². The maximum absolute atomic E-state index is 12.4. The highest BCUT2D eigenvalue weighted by Gasteiger charge is 2.23. The molecule has 3 heterocycles. The lowest BCUT2D eigenvalue weighted by atomic mass is 10.2. The minimum absolute atomic E-state index is 0.0607. The van der Waals surface area contributed by atoms with Crippen molar-refractivity contribution >= 4 is 67.7 Å². The zero-order valence-corrected chi connectivity index (χ0v) is 17.9. The van der Waals surface area contributed by atoms with Gasteiger partial charge in [-0.15, -0.1) is 11.3 Å². The van der Waals surface area contributed by atoms with Gasteiger partial charge in [0, 0.05) is 17.0 Å². The molecule has 1 aromatic carbocycles. The van der Waals surface area contributed by atoms with Crippen molar-refractivity contribution in [2.75, 3.05) is 4.31 Å². The van der Waals surface area contributed by atoms with Gasteiger partial charge in [-0.2, -0.15) is 9.78 Å². The molecule has 0 radical (unpaired) electrons. The summed E-state index contributed by atoms with van der Waals surface area (Å²) in [6.45, 7) is 5.28. The number of hydrogen-bond acceptors (Lipinski definition) is 7. The number of hydrogen-bond donors (Lipinski definition) is 0. The van der Waals surface area contributed by atoms with Gasteiger partial charge in [0.05, 0.1) is 28.7 Å². The molecular weight excluding hydrogens is 438 g/mol. The molecule has 12 heteroatoms. The monoisotopic (exact) mass is 452 g/mol. The SMILES string of the molecule is CC(C)(C)OC(=O)n1ncc2cc(N(c3c(Cl)nc4sccn34)S(=O)[O-])ccc21. The first-order valence-corrected chi connectivity index (χ1v) is 10.7. The number of anilines is 2. The average molecular weight is 453 g/mol. The maximum Gasteiger partial charge on any atom is 0.435 e. The highest BCUT2D eigenvalue weighted by atomic mass is 35.5. The Morgan fingerprint density at radius 1 is 1.38 bits per heavy atom. The molecule has 0 fully saturated rings. The summed E-state index contributed by atoms with van der Waals surface area (Å²) in [5, 5.41) is 6.48. The summed E-state index contributed by atoms with van der Waals surface area (Å²) in [6.07, 6.45) is 2.53. The molecule has 0 aliphatic heterocycles. The molecule has 0 saturated carbocycles. The normalized spacial score (nSPS) is 13.1. The maximum atomic E-state index is 12.4. The third-order valence-electron chi connectivity index (χ3n) is 3.89. The predicted octanol–water partition coefficient (Wildman–Crippen LogP) is 4.11. The van der Waals surface area contributed by atoms with Crippen LogP contribution < -0.4 is 4.31 Å². The van der Waals surface area contributed by atoms with Crippen LogP contribution in [0.5, 0.6) is 0 Å². The van der Waals surface area contributed by atoms with Crippen molar-refractivity contribution in [1.82, 2.24) is 19.2 Å². The zero-order chi connectivity index (χ0) is 20.9. The molecule has 1 atom stereocenters. The molecule has 4 aromatic rings. The number of nitrogens with zero attached hydrogens (tertiary/aromatic N) is 5. The molecule has 0 N–H and O–H groups in total. The highest BCUT2D eigenvalue weighted by molar-refractivity contribution is 7.81. The number of halogens is 1. The van der Waals surface area contributed by atoms with Crippen LogP contribution in [0.4, 0.5) is 16.3 Å². The fourth-order valence-corrected chi connectivity index (χ4v) is 4.47. The first kappa shape index (κ1) is 19.8. The van der Waals surface area contributed by atoms with Gasteiger partial charge in [0.15, 0.2) is 15.9 Å². The van der Waals surface area contributed by atoms with E-state index in [1.165, 1.54) is 17.5 Å². The van der Waals surface area contributed by atoms with Gasteiger partial charge in [0.1, 0.15) is 5.60 Å². The van der Waals surface area contributed by atoms with Crippen molar-refractivity contribution in [3.8, 4) is 0 Å². The Bertz CT molecular complexity index is 1260. The molecule has 9 nitrogen and oxygen atoms in total. The van der Waals surface area contributed by atoms with Crippen molar-refractivity contribution in [3.05, 3.63) is 41.1 Å². The lowest BCUT2D eigenvalue weighted by Gasteiger charge is -2.25. The van der Waals surface area contributed by atoms with Gasteiger partial charge in [-0.25, -0.2) is 9.78 Å². The second-order valence-corrected chi connectivity index (χ2v) is 9.10. The number of rotatable bonds is 3. The molecule has 0 amide bonds. The van der Waals surface area contributed by atoms with Crippen LogP contribution in [0.15, 0.2) is 36.0 Å². The fraction of sp³-hybridized carbons (Fsp3) is 0.235. The van der Waals surface area contributed by atoms with Gasteiger partial charge in [-0.05, 0) is 39.0 Å². The minimum Gasteiger partial charge on any atom is -0.755 e. The third kappa shape index (κ3) is 3.62. The number of ether oxygens (including phenoxy) is 1. The van der Waals surface area contributed by atoms with Gasteiger partial charge >= 0.3 is 6.09 Å². The number of imidazole rings is 1. The molecule has 152 valence electrons. The number of aromatic nitrogens is 4. The van der Waals surface area contributed by atoms with Crippen LogP contribution in [0, 0.1) is 0 Å². The standard InChI is InChI=1S/C17H16ClN5O4S2/c1-17(2,3)27-16(24)22-12-5-4-11(8-10(12)9-19-22)23(29(25)26)14-13(18)20-15-21(14)6-7-28-15/h4-9H,1-3H3,(H,25,26)/p-1. The van der Waals surface area contributed by atoms with Gasteiger partial charge < -0.3 is 9.29 Å². The first-order valence-electron chi connectivity index (χ1n) is 8.37. The van der Waals surface area contributed by atoms with E-state index < -0.39 is 23.0 Å². The van der Waals surface area contributed by atoms with E-state index >= 15 is 0 Å². The number of thiazole rings is 1. The van der Waals surface area contributed by atoms with E-state index in [1.54, 1.807) is 54.9 Å². The summed E-state index contributed by atoms with van der Waals surface area (Å²) in [5.74, 6) is 0.204. The van der Waals surface area contributed by atoms with E-state index in [1.807, 2.05) is 0 Å². The van der Waals surface area contributed by atoms with Crippen LogP contribution in [-0.4, -0.2) is 39.6 Å².